The summed E-state index contributed by atoms with van der Waals surface area (Å²) in [6.45, 7) is 6.46. The van der Waals surface area contributed by atoms with Crippen molar-refractivity contribution >= 4 is 11.6 Å². The fourth-order valence-electron chi connectivity index (χ4n) is 0.863. The highest BCUT2D eigenvalue weighted by Crippen LogP contribution is 2.13. The van der Waals surface area contributed by atoms with Crippen LogP contribution in [0, 0.1) is 6.92 Å². The van der Waals surface area contributed by atoms with Crippen molar-refractivity contribution in [1.82, 2.24) is 9.78 Å². The SMILES string of the molecule is C=CCCn1ncc(Cl)c1C. The second-order valence-electron chi connectivity index (χ2n) is 2.38. The molecule has 0 saturated carbocycles. The number of nitrogens with zero attached hydrogens (tertiary/aromatic N) is 2. The Kier molecular flexibility index (Phi) is 2.71. The van der Waals surface area contributed by atoms with Crippen LogP contribution >= 0.6 is 11.6 Å². The maximum atomic E-state index is 5.80. The van der Waals surface area contributed by atoms with Crippen molar-refractivity contribution in [2.24, 2.45) is 0 Å². The molecule has 1 heterocycles. The van der Waals surface area contributed by atoms with Crippen LogP contribution < -0.4 is 0 Å². The van der Waals surface area contributed by atoms with E-state index in [0.717, 1.165) is 23.7 Å². The molecule has 60 valence electrons. The predicted octanol–water partition coefficient (Wildman–Crippen LogP) is 2.42. The van der Waals surface area contributed by atoms with E-state index < -0.39 is 0 Å². The Bertz CT molecular complexity index is 253. The number of halogens is 1. The minimum absolute atomic E-state index is 0.731. The lowest BCUT2D eigenvalue weighted by molar-refractivity contribution is 0.607. The van der Waals surface area contributed by atoms with Gasteiger partial charge in [0.25, 0.3) is 0 Å². The molecule has 0 fully saturated rings. The fraction of sp³-hybridized carbons (Fsp3) is 0.375. The lowest BCUT2D eigenvalue weighted by Gasteiger charge is -2.00. The number of aryl methyl sites for hydroxylation is 1. The molecule has 0 spiro atoms. The van der Waals surface area contributed by atoms with Crippen LogP contribution in [0.5, 0.6) is 0 Å². The molecule has 0 aliphatic rings. The molecule has 1 aromatic rings. The van der Waals surface area contributed by atoms with Crippen LogP contribution in [0.2, 0.25) is 5.02 Å². The first-order valence-corrected chi connectivity index (χ1v) is 3.92. The minimum atomic E-state index is 0.731. The molecule has 11 heavy (non-hydrogen) atoms. The Labute approximate surface area is 71.5 Å². The summed E-state index contributed by atoms with van der Waals surface area (Å²) in [6, 6.07) is 0. The van der Waals surface area contributed by atoms with Crippen molar-refractivity contribution in [3.63, 3.8) is 0 Å². The van der Waals surface area contributed by atoms with Crippen molar-refractivity contribution in [2.75, 3.05) is 0 Å². The molecule has 0 aromatic carbocycles. The quantitative estimate of drug-likeness (QED) is 0.638. The van der Waals surface area contributed by atoms with Gasteiger partial charge in [-0.25, -0.2) is 0 Å². The van der Waals surface area contributed by atoms with Crippen LogP contribution in [0.4, 0.5) is 0 Å². The average molecular weight is 171 g/mol. The average Bonchev–Trinajstić information content (AvgIpc) is 2.31. The van der Waals surface area contributed by atoms with Gasteiger partial charge in [0.2, 0.25) is 0 Å². The number of hydrogen-bond acceptors (Lipinski definition) is 1. The van der Waals surface area contributed by atoms with Crippen LogP contribution in [-0.4, -0.2) is 9.78 Å². The van der Waals surface area contributed by atoms with Gasteiger partial charge in [-0.2, -0.15) is 5.10 Å². The summed E-state index contributed by atoms with van der Waals surface area (Å²) in [7, 11) is 0. The monoisotopic (exact) mass is 170 g/mol. The van der Waals surface area contributed by atoms with Gasteiger partial charge < -0.3 is 0 Å². The van der Waals surface area contributed by atoms with Crippen molar-refractivity contribution in [3.8, 4) is 0 Å². The highest BCUT2D eigenvalue weighted by molar-refractivity contribution is 6.31. The van der Waals surface area contributed by atoms with Gasteiger partial charge in [0.05, 0.1) is 16.9 Å². The van der Waals surface area contributed by atoms with Gasteiger partial charge in [-0.05, 0) is 13.3 Å². The zero-order valence-corrected chi connectivity index (χ0v) is 7.30. The Morgan fingerprint density at radius 3 is 3.00 bits per heavy atom. The summed E-state index contributed by atoms with van der Waals surface area (Å²) in [4.78, 5) is 0. The van der Waals surface area contributed by atoms with Gasteiger partial charge in [0.1, 0.15) is 0 Å². The normalized spacial score (nSPS) is 10.0. The lowest BCUT2D eigenvalue weighted by atomic mass is 10.4. The van der Waals surface area contributed by atoms with E-state index >= 15 is 0 Å². The van der Waals surface area contributed by atoms with Gasteiger partial charge in [-0.3, -0.25) is 4.68 Å². The highest BCUT2D eigenvalue weighted by Gasteiger charge is 2.01. The molecule has 0 aliphatic heterocycles. The third-order valence-electron chi connectivity index (χ3n) is 1.59. The molecule has 1 aromatic heterocycles. The Hall–Kier alpha value is -0.760. The molecule has 2 nitrogen and oxygen atoms in total. The number of aromatic nitrogens is 2. The van der Waals surface area contributed by atoms with E-state index in [4.69, 9.17) is 11.6 Å². The molecule has 0 atom stereocenters. The van der Waals surface area contributed by atoms with Crippen molar-refractivity contribution < 1.29 is 0 Å². The Morgan fingerprint density at radius 2 is 2.55 bits per heavy atom. The van der Waals surface area contributed by atoms with Crippen molar-refractivity contribution in [3.05, 3.63) is 29.6 Å². The number of allylic oxidation sites excluding steroid dienone is 1. The van der Waals surface area contributed by atoms with Gasteiger partial charge in [-0.1, -0.05) is 17.7 Å². The van der Waals surface area contributed by atoms with Crippen LogP contribution in [-0.2, 0) is 6.54 Å². The molecular formula is C8H11ClN2. The van der Waals surface area contributed by atoms with E-state index in [2.05, 4.69) is 11.7 Å². The fourth-order valence-corrected chi connectivity index (χ4v) is 1.00. The van der Waals surface area contributed by atoms with Crippen LogP contribution in [0.25, 0.3) is 0 Å². The first-order valence-electron chi connectivity index (χ1n) is 3.54. The van der Waals surface area contributed by atoms with Crippen LogP contribution in [0.3, 0.4) is 0 Å². The molecule has 1 rings (SSSR count). The van der Waals surface area contributed by atoms with Gasteiger partial charge >= 0.3 is 0 Å². The maximum absolute atomic E-state index is 5.80. The zero-order chi connectivity index (χ0) is 8.27. The summed E-state index contributed by atoms with van der Waals surface area (Å²) in [5.74, 6) is 0. The van der Waals surface area contributed by atoms with Gasteiger partial charge in [-0.15, -0.1) is 6.58 Å². The van der Waals surface area contributed by atoms with Crippen LogP contribution in [0.1, 0.15) is 12.1 Å². The second-order valence-corrected chi connectivity index (χ2v) is 2.79. The second kappa shape index (κ2) is 3.58. The van der Waals surface area contributed by atoms with Crippen LogP contribution in [0.15, 0.2) is 18.9 Å². The van der Waals surface area contributed by atoms with Crippen molar-refractivity contribution in [2.45, 2.75) is 19.9 Å². The molecule has 0 unspecified atom stereocenters. The maximum Gasteiger partial charge on any atom is 0.0814 e. The standard InChI is InChI=1S/C8H11ClN2/c1-3-4-5-11-7(2)8(9)6-10-11/h3,6H,1,4-5H2,2H3. The molecule has 3 heteroatoms. The topological polar surface area (TPSA) is 17.8 Å². The van der Waals surface area contributed by atoms with Gasteiger partial charge in [0.15, 0.2) is 0 Å². The highest BCUT2D eigenvalue weighted by atomic mass is 35.5. The predicted molar refractivity (Wildman–Crippen MR) is 46.8 cm³/mol. The zero-order valence-electron chi connectivity index (χ0n) is 6.55. The van der Waals surface area contributed by atoms with E-state index in [9.17, 15) is 0 Å². The lowest BCUT2D eigenvalue weighted by Crippen LogP contribution is -2.00. The first kappa shape index (κ1) is 8.34. The third-order valence-corrected chi connectivity index (χ3v) is 1.96. The Morgan fingerprint density at radius 1 is 1.82 bits per heavy atom. The molecule has 0 radical (unpaired) electrons. The summed E-state index contributed by atoms with van der Waals surface area (Å²) in [6.07, 6.45) is 4.47. The summed E-state index contributed by atoms with van der Waals surface area (Å²) in [5.41, 5.74) is 1.02. The molecule has 0 bridgehead atoms. The smallest absolute Gasteiger partial charge is 0.0814 e. The molecular weight excluding hydrogens is 160 g/mol. The van der Waals surface area contributed by atoms with E-state index in [1.165, 1.54) is 0 Å². The minimum Gasteiger partial charge on any atom is -0.268 e. The molecule has 0 saturated heterocycles. The molecule has 0 amide bonds. The van der Waals surface area contributed by atoms with Gasteiger partial charge in [0, 0.05) is 6.54 Å². The summed E-state index contributed by atoms with van der Waals surface area (Å²) >= 11 is 5.80. The summed E-state index contributed by atoms with van der Waals surface area (Å²) in [5, 5.41) is 4.82. The Balaban J connectivity index is 2.70. The van der Waals surface area contributed by atoms with E-state index in [-0.39, 0.29) is 0 Å². The van der Waals surface area contributed by atoms with Crippen molar-refractivity contribution in [1.29, 1.82) is 0 Å². The molecule has 0 aliphatic carbocycles. The number of hydrogen-bond donors (Lipinski definition) is 0. The molecule has 0 N–H and O–H groups in total. The largest absolute Gasteiger partial charge is 0.268 e. The van der Waals surface area contributed by atoms with E-state index in [1.807, 2.05) is 17.7 Å². The third kappa shape index (κ3) is 1.84. The summed E-state index contributed by atoms with van der Waals surface area (Å²) < 4.78 is 1.88. The van der Waals surface area contributed by atoms with E-state index in [0.29, 0.717) is 0 Å². The number of rotatable bonds is 3. The first-order chi connectivity index (χ1) is 5.25. The van der Waals surface area contributed by atoms with E-state index in [1.54, 1.807) is 6.20 Å².